The van der Waals surface area contributed by atoms with Crippen molar-refractivity contribution >= 4 is 34.1 Å². The first-order valence-corrected chi connectivity index (χ1v) is 11.1. The van der Waals surface area contributed by atoms with E-state index in [1.165, 1.54) is 0 Å². The molecule has 0 saturated carbocycles. The Balaban J connectivity index is 1.62. The summed E-state index contributed by atoms with van der Waals surface area (Å²) in [6, 6.07) is 8.06. The molecule has 2 atom stereocenters. The van der Waals surface area contributed by atoms with Crippen LogP contribution in [0.25, 0.3) is 0 Å². The average Bonchev–Trinajstić information content (AvgIpc) is 3.02. The molecule has 8 heteroatoms. The third-order valence-electron chi connectivity index (χ3n) is 5.39. The van der Waals surface area contributed by atoms with Crippen LogP contribution in [0.2, 0.25) is 0 Å². The number of anilines is 1. The molecule has 0 radical (unpaired) electrons. The molecule has 7 nitrogen and oxygen atoms in total. The van der Waals surface area contributed by atoms with Gasteiger partial charge in [0.05, 0.1) is 36.9 Å². The summed E-state index contributed by atoms with van der Waals surface area (Å²) in [5, 5.41) is 13.3. The van der Waals surface area contributed by atoms with Gasteiger partial charge in [-0.3, -0.25) is 9.79 Å². The number of benzene rings is 1. The van der Waals surface area contributed by atoms with E-state index in [1.807, 2.05) is 36.6 Å². The average molecular weight is 477 g/mol. The van der Waals surface area contributed by atoms with Gasteiger partial charge in [-0.05, 0) is 50.8 Å². The number of imidazole rings is 1. The summed E-state index contributed by atoms with van der Waals surface area (Å²) < 4.78 is 8.37. The number of nitrogens with zero attached hydrogens (tertiary/aromatic N) is 3. The predicted octanol–water partition coefficient (Wildman–Crippen LogP) is 4.12. The number of aliphatic hydroxyl groups excluding tert-OH is 1. The van der Waals surface area contributed by atoms with Crippen molar-refractivity contribution in [2.24, 2.45) is 10.4 Å². The summed E-state index contributed by atoms with van der Waals surface area (Å²) >= 11 is 3.50. The molecule has 2 aromatic rings. The van der Waals surface area contributed by atoms with Crippen LogP contribution >= 0.6 is 15.9 Å². The Morgan fingerprint density at radius 2 is 2.27 bits per heavy atom. The Morgan fingerprint density at radius 1 is 1.43 bits per heavy atom. The van der Waals surface area contributed by atoms with Gasteiger partial charge in [-0.25, -0.2) is 4.98 Å². The lowest BCUT2D eigenvalue weighted by Gasteiger charge is -2.27. The third kappa shape index (κ3) is 5.49. The molecule has 2 heterocycles. The first kappa shape index (κ1) is 22.5. The maximum atomic E-state index is 12.7. The van der Waals surface area contributed by atoms with Crippen LogP contribution in [0.15, 0.2) is 40.1 Å². The smallest absolute Gasteiger partial charge is 0.312 e. The van der Waals surface area contributed by atoms with Gasteiger partial charge in [0.1, 0.15) is 6.10 Å². The van der Waals surface area contributed by atoms with Gasteiger partial charge in [0.25, 0.3) is 0 Å². The van der Waals surface area contributed by atoms with Crippen molar-refractivity contribution < 1.29 is 14.6 Å². The number of carbonyl (C=O) groups excluding carboxylic acids is 1. The van der Waals surface area contributed by atoms with Crippen molar-refractivity contribution in [3.05, 3.63) is 46.3 Å². The number of nitrogens with one attached hydrogen (secondary N) is 1. The fourth-order valence-electron chi connectivity index (χ4n) is 3.84. The second-order valence-electron chi connectivity index (χ2n) is 7.87. The zero-order valence-electron chi connectivity index (χ0n) is 17.5. The number of esters is 1. The van der Waals surface area contributed by atoms with E-state index in [4.69, 9.17) is 4.74 Å². The lowest BCUT2D eigenvalue weighted by atomic mass is 9.79. The van der Waals surface area contributed by atoms with Gasteiger partial charge in [0.15, 0.2) is 5.82 Å². The van der Waals surface area contributed by atoms with E-state index in [9.17, 15) is 9.90 Å². The summed E-state index contributed by atoms with van der Waals surface area (Å²) in [5.41, 5.74) is 1.28. The Hall–Kier alpha value is -2.19. The van der Waals surface area contributed by atoms with E-state index in [1.54, 1.807) is 12.7 Å². The molecular formula is C22H29BrN4O3. The first-order chi connectivity index (χ1) is 14.4. The number of fused-ring (bicyclic) bond motifs is 1. The second kappa shape index (κ2) is 10.2. The molecule has 2 unspecified atom stereocenters. The molecular weight excluding hydrogens is 448 g/mol. The summed E-state index contributed by atoms with van der Waals surface area (Å²) in [4.78, 5) is 21.2. The minimum Gasteiger partial charge on any atom is -0.466 e. The number of aryl methyl sites for hydroxylation is 1. The van der Waals surface area contributed by atoms with Crippen LogP contribution in [0.1, 0.15) is 50.5 Å². The van der Waals surface area contributed by atoms with Gasteiger partial charge in [0, 0.05) is 11.0 Å². The Labute approximate surface area is 185 Å². The number of halogens is 1. The highest BCUT2D eigenvalue weighted by Gasteiger charge is 2.34. The van der Waals surface area contributed by atoms with E-state index in [2.05, 4.69) is 37.3 Å². The Bertz CT molecular complexity index is 898. The van der Waals surface area contributed by atoms with Gasteiger partial charge in [0.2, 0.25) is 0 Å². The van der Waals surface area contributed by atoms with E-state index in [-0.39, 0.29) is 5.97 Å². The Kier molecular flexibility index (Phi) is 7.66. The van der Waals surface area contributed by atoms with Crippen molar-refractivity contribution in [2.75, 3.05) is 18.5 Å². The standard InChI is InChI=1S/C22H29BrN4O3/c1-3-30-21(29)22(2,12-16-7-6-8-17(23)11-16)9-4-5-10-27-15-26-20-19(27)18(28)13-24-14-25-20/h6-8,11,14-15,18,28H,3-5,9-10,12-13H2,1-2H3,(H,24,25). The van der Waals surface area contributed by atoms with Gasteiger partial charge in [-0.15, -0.1) is 0 Å². The molecule has 0 spiro atoms. The number of hydrogen-bond acceptors (Lipinski definition) is 6. The maximum absolute atomic E-state index is 12.7. The van der Waals surface area contributed by atoms with Crippen molar-refractivity contribution in [2.45, 2.75) is 52.2 Å². The summed E-state index contributed by atoms with van der Waals surface area (Å²) in [6.07, 6.45) is 5.71. The number of ether oxygens (including phenoxy) is 1. The number of carbonyl (C=O) groups is 1. The van der Waals surface area contributed by atoms with Crippen LogP contribution in [-0.2, 0) is 22.5 Å². The minimum absolute atomic E-state index is 0.154. The number of aromatic nitrogens is 2. The number of unbranched alkanes of at least 4 members (excludes halogenated alkanes) is 1. The normalized spacial score (nSPS) is 17.5. The highest BCUT2D eigenvalue weighted by atomic mass is 79.9. The molecule has 1 aliphatic rings. The topological polar surface area (TPSA) is 88.7 Å². The highest BCUT2D eigenvalue weighted by molar-refractivity contribution is 9.10. The van der Waals surface area contributed by atoms with Crippen molar-refractivity contribution in [1.82, 2.24) is 9.55 Å². The summed E-state index contributed by atoms with van der Waals surface area (Å²) in [6.45, 7) is 5.24. The molecule has 0 aliphatic carbocycles. The molecule has 0 amide bonds. The number of aliphatic hydroxyl groups is 1. The van der Waals surface area contributed by atoms with Gasteiger partial charge >= 0.3 is 5.97 Å². The van der Waals surface area contributed by atoms with Crippen LogP contribution in [0.5, 0.6) is 0 Å². The summed E-state index contributed by atoms with van der Waals surface area (Å²) in [5.74, 6) is 0.494. The Morgan fingerprint density at radius 3 is 3.03 bits per heavy atom. The van der Waals surface area contributed by atoms with Gasteiger partial charge < -0.3 is 19.7 Å². The van der Waals surface area contributed by atoms with Crippen molar-refractivity contribution in [1.29, 1.82) is 0 Å². The second-order valence-corrected chi connectivity index (χ2v) is 8.79. The zero-order chi connectivity index (χ0) is 21.6. The van der Waals surface area contributed by atoms with E-state index >= 15 is 0 Å². The molecule has 0 saturated heterocycles. The van der Waals surface area contributed by atoms with Crippen molar-refractivity contribution in [3.8, 4) is 0 Å². The number of hydrogen-bond donors (Lipinski definition) is 2. The molecule has 3 rings (SSSR count). The lowest BCUT2D eigenvalue weighted by Crippen LogP contribution is -2.32. The van der Waals surface area contributed by atoms with Crippen LogP contribution in [-0.4, -0.2) is 40.1 Å². The fraction of sp³-hybridized carbons (Fsp3) is 0.500. The number of aliphatic imine (C=N–C) groups is 1. The van der Waals surface area contributed by atoms with Crippen LogP contribution in [0, 0.1) is 5.41 Å². The van der Waals surface area contributed by atoms with Crippen LogP contribution in [0.3, 0.4) is 0 Å². The zero-order valence-corrected chi connectivity index (χ0v) is 19.1. The van der Waals surface area contributed by atoms with Crippen LogP contribution in [0.4, 0.5) is 5.82 Å². The molecule has 2 N–H and O–H groups in total. The molecule has 1 aromatic carbocycles. The largest absolute Gasteiger partial charge is 0.466 e. The van der Waals surface area contributed by atoms with Gasteiger partial charge in [-0.2, -0.15) is 0 Å². The fourth-order valence-corrected chi connectivity index (χ4v) is 4.29. The molecule has 0 fully saturated rings. The molecule has 162 valence electrons. The highest BCUT2D eigenvalue weighted by Crippen LogP contribution is 2.32. The minimum atomic E-state index is -0.671. The first-order valence-electron chi connectivity index (χ1n) is 10.3. The molecule has 1 aromatic heterocycles. The monoisotopic (exact) mass is 476 g/mol. The SMILES string of the molecule is CCOC(=O)C(C)(CCCCn1cnc2c1C(O)CN=CN2)Cc1cccc(Br)c1. The predicted molar refractivity (Wildman–Crippen MR) is 121 cm³/mol. The summed E-state index contributed by atoms with van der Waals surface area (Å²) in [7, 11) is 0. The molecule has 0 bridgehead atoms. The van der Waals surface area contributed by atoms with Gasteiger partial charge in [-0.1, -0.05) is 34.5 Å². The number of rotatable bonds is 9. The van der Waals surface area contributed by atoms with Crippen molar-refractivity contribution in [3.63, 3.8) is 0 Å². The molecule has 1 aliphatic heterocycles. The lowest BCUT2D eigenvalue weighted by molar-refractivity contribution is -0.155. The quantitative estimate of drug-likeness (QED) is 0.419. The third-order valence-corrected chi connectivity index (χ3v) is 5.89. The van der Waals surface area contributed by atoms with E-state index < -0.39 is 11.5 Å². The van der Waals surface area contributed by atoms with E-state index in [0.29, 0.717) is 25.4 Å². The molecule has 30 heavy (non-hydrogen) atoms. The van der Waals surface area contributed by atoms with E-state index in [0.717, 1.165) is 41.5 Å². The van der Waals surface area contributed by atoms with Crippen LogP contribution < -0.4 is 5.32 Å². The maximum Gasteiger partial charge on any atom is 0.312 e.